The largest absolute Gasteiger partial charge is 0.481 e. The first-order valence-electron chi connectivity index (χ1n) is 7.38. The van der Waals surface area contributed by atoms with Crippen LogP contribution in [0.1, 0.15) is 0 Å². The van der Waals surface area contributed by atoms with E-state index in [0.717, 1.165) is 28.0 Å². The van der Waals surface area contributed by atoms with Crippen LogP contribution in [-0.2, 0) is 0 Å². The van der Waals surface area contributed by atoms with Gasteiger partial charge in [-0.2, -0.15) is 0 Å². The van der Waals surface area contributed by atoms with Crippen molar-refractivity contribution < 1.29 is 4.74 Å². The molecule has 0 amide bonds. The SMILES string of the molecule is C#CCOc1cccc(-c2cn3ccc4ccccc4c3n2)c1. The lowest BCUT2D eigenvalue weighted by molar-refractivity contribution is 0.370. The van der Waals surface area contributed by atoms with E-state index < -0.39 is 0 Å². The van der Waals surface area contributed by atoms with Crippen molar-refractivity contribution in [1.82, 2.24) is 9.38 Å². The molecule has 0 N–H and O–H groups in total. The van der Waals surface area contributed by atoms with Crippen LogP contribution in [0.15, 0.2) is 67.0 Å². The van der Waals surface area contributed by atoms with Crippen molar-refractivity contribution in [3.05, 3.63) is 67.0 Å². The van der Waals surface area contributed by atoms with Gasteiger partial charge in [0.2, 0.25) is 0 Å². The molecule has 2 heterocycles. The summed E-state index contributed by atoms with van der Waals surface area (Å²) in [5.41, 5.74) is 2.87. The van der Waals surface area contributed by atoms with Crippen molar-refractivity contribution in [3.63, 3.8) is 0 Å². The number of terminal acetylenes is 1. The highest BCUT2D eigenvalue weighted by Gasteiger charge is 2.08. The third-order valence-corrected chi connectivity index (χ3v) is 3.80. The molecule has 2 aromatic heterocycles. The minimum absolute atomic E-state index is 0.263. The molecule has 0 atom stereocenters. The predicted octanol–water partition coefficient (Wildman–Crippen LogP) is 4.17. The Labute approximate surface area is 134 Å². The molecular formula is C20H14N2O. The van der Waals surface area contributed by atoms with Crippen molar-refractivity contribution in [2.45, 2.75) is 0 Å². The van der Waals surface area contributed by atoms with Crippen molar-refractivity contribution in [1.29, 1.82) is 0 Å². The lowest BCUT2D eigenvalue weighted by Crippen LogP contribution is -1.93. The Morgan fingerprint density at radius 2 is 2.00 bits per heavy atom. The fourth-order valence-electron chi connectivity index (χ4n) is 2.72. The topological polar surface area (TPSA) is 26.5 Å². The third kappa shape index (κ3) is 2.41. The first kappa shape index (κ1) is 13.4. The zero-order chi connectivity index (χ0) is 15.6. The van der Waals surface area contributed by atoms with Gasteiger partial charge in [0.1, 0.15) is 18.0 Å². The Bertz CT molecular complexity index is 1040. The van der Waals surface area contributed by atoms with Crippen LogP contribution >= 0.6 is 0 Å². The second-order valence-electron chi connectivity index (χ2n) is 5.28. The number of aromatic nitrogens is 2. The molecule has 4 rings (SSSR count). The number of rotatable bonds is 3. The van der Waals surface area contributed by atoms with Gasteiger partial charge < -0.3 is 9.14 Å². The maximum atomic E-state index is 5.49. The van der Waals surface area contributed by atoms with Gasteiger partial charge in [-0.3, -0.25) is 0 Å². The van der Waals surface area contributed by atoms with Crippen molar-refractivity contribution >= 4 is 16.4 Å². The first-order chi connectivity index (χ1) is 11.3. The Morgan fingerprint density at radius 1 is 1.09 bits per heavy atom. The smallest absolute Gasteiger partial charge is 0.148 e. The van der Waals surface area contributed by atoms with Crippen LogP contribution in [0.4, 0.5) is 0 Å². The summed E-state index contributed by atoms with van der Waals surface area (Å²) in [5, 5.41) is 2.32. The molecule has 0 radical (unpaired) electrons. The maximum absolute atomic E-state index is 5.49. The van der Waals surface area contributed by atoms with E-state index in [4.69, 9.17) is 16.1 Å². The number of benzene rings is 2. The molecule has 0 aliphatic rings. The number of hydrogen-bond donors (Lipinski definition) is 0. The van der Waals surface area contributed by atoms with E-state index in [1.54, 1.807) is 0 Å². The maximum Gasteiger partial charge on any atom is 0.148 e. The summed E-state index contributed by atoms with van der Waals surface area (Å²) in [6.45, 7) is 0.263. The van der Waals surface area contributed by atoms with E-state index in [0.29, 0.717) is 0 Å². The number of fused-ring (bicyclic) bond motifs is 3. The lowest BCUT2D eigenvalue weighted by Gasteiger charge is -2.03. The summed E-state index contributed by atoms with van der Waals surface area (Å²) in [6.07, 6.45) is 9.30. The quantitative estimate of drug-likeness (QED) is 0.531. The molecule has 0 saturated heterocycles. The van der Waals surface area contributed by atoms with Crippen molar-refractivity contribution in [2.75, 3.05) is 6.61 Å². The van der Waals surface area contributed by atoms with Crippen LogP contribution in [0.25, 0.3) is 27.7 Å². The van der Waals surface area contributed by atoms with E-state index in [2.05, 4.69) is 24.1 Å². The minimum atomic E-state index is 0.263. The first-order valence-corrected chi connectivity index (χ1v) is 7.38. The average Bonchev–Trinajstić information content (AvgIpc) is 3.05. The van der Waals surface area contributed by atoms with Gasteiger partial charge in [-0.05, 0) is 23.6 Å². The fourth-order valence-corrected chi connectivity index (χ4v) is 2.72. The van der Waals surface area contributed by atoms with Crippen molar-refractivity contribution in [2.24, 2.45) is 0 Å². The number of imidazole rings is 1. The third-order valence-electron chi connectivity index (χ3n) is 3.80. The summed E-state index contributed by atoms with van der Waals surface area (Å²) in [5.74, 6) is 3.23. The summed E-state index contributed by atoms with van der Waals surface area (Å²) in [7, 11) is 0. The molecule has 3 nitrogen and oxygen atoms in total. The van der Waals surface area contributed by atoms with Gasteiger partial charge in [0.15, 0.2) is 0 Å². The van der Waals surface area contributed by atoms with E-state index in [1.165, 1.54) is 5.39 Å². The molecule has 0 saturated carbocycles. The number of pyridine rings is 1. The highest BCUT2D eigenvalue weighted by atomic mass is 16.5. The summed E-state index contributed by atoms with van der Waals surface area (Å²) < 4.78 is 7.54. The minimum Gasteiger partial charge on any atom is -0.481 e. The van der Waals surface area contributed by atoms with E-state index in [9.17, 15) is 0 Å². The Morgan fingerprint density at radius 3 is 2.91 bits per heavy atom. The second kappa shape index (κ2) is 5.51. The molecule has 2 aromatic carbocycles. The molecule has 0 fully saturated rings. The monoisotopic (exact) mass is 298 g/mol. The molecule has 0 aliphatic heterocycles. The molecule has 3 heteroatoms. The molecule has 0 aliphatic carbocycles. The molecule has 0 unspecified atom stereocenters. The summed E-state index contributed by atoms with van der Waals surface area (Å²) in [6, 6.07) is 18.2. The number of ether oxygens (including phenoxy) is 1. The number of nitrogens with zero attached hydrogens (tertiary/aromatic N) is 2. The Hall–Kier alpha value is -3.25. The molecule has 110 valence electrons. The lowest BCUT2D eigenvalue weighted by atomic mass is 10.1. The van der Waals surface area contributed by atoms with E-state index in [-0.39, 0.29) is 6.61 Å². The van der Waals surface area contributed by atoms with Crippen LogP contribution in [-0.4, -0.2) is 16.0 Å². The molecular weight excluding hydrogens is 284 g/mol. The molecule has 4 aromatic rings. The zero-order valence-electron chi connectivity index (χ0n) is 12.4. The van der Waals surface area contributed by atoms with Crippen LogP contribution < -0.4 is 4.74 Å². The standard InChI is InChI=1S/C20H14N2O/c1-2-12-23-17-8-5-7-16(13-17)19-14-22-11-10-15-6-3-4-9-18(15)20(22)21-19/h1,3-11,13-14H,12H2. The molecule has 23 heavy (non-hydrogen) atoms. The van der Waals surface area contributed by atoms with Gasteiger partial charge in [-0.15, -0.1) is 6.42 Å². The van der Waals surface area contributed by atoms with Gasteiger partial charge in [0, 0.05) is 23.3 Å². The van der Waals surface area contributed by atoms with Gasteiger partial charge >= 0.3 is 0 Å². The van der Waals surface area contributed by atoms with Crippen LogP contribution in [0.5, 0.6) is 5.75 Å². The molecule has 0 spiro atoms. The van der Waals surface area contributed by atoms with Crippen molar-refractivity contribution in [3.8, 4) is 29.4 Å². The summed E-state index contributed by atoms with van der Waals surface area (Å²) >= 11 is 0. The average molecular weight is 298 g/mol. The number of hydrogen-bond acceptors (Lipinski definition) is 2. The van der Waals surface area contributed by atoms with Gasteiger partial charge in [-0.1, -0.05) is 42.3 Å². The highest BCUT2D eigenvalue weighted by Crippen LogP contribution is 2.26. The normalized spacial score (nSPS) is 10.7. The summed E-state index contributed by atoms with van der Waals surface area (Å²) in [4.78, 5) is 4.80. The van der Waals surface area contributed by atoms with Gasteiger partial charge in [0.25, 0.3) is 0 Å². The van der Waals surface area contributed by atoms with Crippen LogP contribution in [0, 0.1) is 12.3 Å². The Balaban J connectivity index is 1.83. The second-order valence-corrected chi connectivity index (χ2v) is 5.28. The van der Waals surface area contributed by atoms with Crippen LogP contribution in [0.2, 0.25) is 0 Å². The molecule has 0 bridgehead atoms. The fraction of sp³-hybridized carbons (Fsp3) is 0.0500. The van der Waals surface area contributed by atoms with Gasteiger partial charge in [0.05, 0.1) is 5.69 Å². The van der Waals surface area contributed by atoms with Crippen LogP contribution in [0.3, 0.4) is 0 Å². The van der Waals surface area contributed by atoms with Gasteiger partial charge in [-0.25, -0.2) is 4.98 Å². The van der Waals surface area contributed by atoms with E-state index in [1.807, 2.05) is 53.2 Å². The zero-order valence-corrected chi connectivity index (χ0v) is 12.4. The predicted molar refractivity (Wildman–Crippen MR) is 92.5 cm³/mol. The highest BCUT2D eigenvalue weighted by molar-refractivity contribution is 5.94. The van der Waals surface area contributed by atoms with E-state index >= 15 is 0 Å². The Kier molecular flexibility index (Phi) is 3.21.